The van der Waals surface area contributed by atoms with Crippen molar-refractivity contribution in [2.24, 2.45) is 5.84 Å². The second-order valence-corrected chi connectivity index (χ2v) is 3.41. The molecule has 0 spiro atoms. The molecule has 0 saturated carbocycles. The van der Waals surface area contributed by atoms with Crippen molar-refractivity contribution in [1.82, 2.24) is 9.91 Å². The van der Waals surface area contributed by atoms with Gasteiger partial charge in [-0.15, -0.1) is 0 Å². The summed E-state index contributed by atoms with van der Waals surface area (Å²) in [5.74, 6) is 5.68. The minimum atomic E-state index is 0.346. The van der Waals surface area contributed by atoms with Crippen molar-refractivity contribution in [3.05, 3.63) is 0 Å². The van der Waals surface area contributed by atoms with E-state index in [2.05, 4.69) is 11.9 Å². The highest BCUT2D eigenvalue weighted by Gasteiger charge is 2.37. The molecule has 2 N–H and O–H groups in total. The van der Waals surface area contributed by atoms with E-state index in [9.17, 15) is 0 Å². The van der Waals surface area contributed by atoms with Gasteiger partial charge in [-0.05, 0) is 7.05 Å². The van der Waals surface area contributed by atoms with Crippen LogP contribution in [0.3, 0.4) is 0 Å². The van der Waals surface area contributed by atoms with Crippen molar-refractivity contribution in [2.45, 2.75) is 12.1 Å². The first kappa shape index (κ1) is 7.49. The van der Waals surface area contributed by atoms with Gasteiger partial charge >= 0.3 is 0 Å². The lowest BCUT2D eigenvalue weighted by Crippen LogP contribution is -2.48. The molecule has 2 heterocycles. The molecule has 2 rings (SSSR count). The summed E-state index contributed by atoms with van der Waals surface area (Å²) in [4.78, 5) is 2.33. The molecule has 0 aromatic rings. The van der Waals surface area contributed by atoms with Crippen LogP contribution in [-0.2, 0) is 4.74 Å². The zero-order valence-electron chi connectivity index (χ0n) is 6.86. The van der Waals surface area contributed by atoms with Crippen LogP contribution in [0.2, 0.25) is 0 Å². The van der Waals surface area contributed by atoms with Crippen LogP contribution in [0.25, 0.3) is 0 Å². The highest BCUT2D eigenvalue weighted by Crippen LogP contribution is 2.18. The molecule has 0 amide bonds. The number of rotatable bonds is 0. The summed E-state index contributed by atoms with van der Waals surface area (Å²) in [5, 5.41) is 1.84. The van der Waals surface area contributed by atoms with Crippen LogP contribution < -0.4 is 5.84 Å². The van der Waals surface area contributed by atoms with E-state index in [0.717, 1.165) is 26.2 Å². The van der Waals surface area contributed by atoms with Crippen molar-refractivity contribution in [3.8, 4) is 0 Å². The number of morpholine rings is 1. The molecule has 4 heteroatoms. The zero-order valence-corrected chi connectivity index (χ0v) is 6.86. The van der Waals surface area contributed by atoms with Crippen LogP contribution in [-0.4, -0.2) is 55.3 Å². The maximum absolute atomic E-state index is 5.68. The Bertz CT molecular complexity index is 153. The third kappa shape index (κ3) is 1.27. The van der Waals surface area contributed by atoms with Crippen molar-refractivity contribution in [3.63, 3.8) is 0 Å². The monoisotopic (exact) mass is 157 g/mol. The van der Waals surface area contributed by atoms with Crippen LogP contribution >= 0.6 is 0 Å². The van der Waals surface area contributed by atoms with Crippen LogP contribution in [0.15, 0.2) is 0 Å². The molecule has 2 fully saturated rings. The van der Waals surface area contributed by atoms with E-state index in [4.69, 9.17) is 10.6 Å². The summed E-state index contributed by atoms with van der Waals surface area (Å²) in [6, 6.07) is 0.522. The summed E-state index contributed by atoms with van der Waals surface area (Å²) < 4.78 is 5.58. The van der Waals surface area contributed by atoms with Gasteiger partial charge in [0.15, 0.2) is 0 Å². The molecule has 2 aliphatic rings. The topological polar surface area (TPSA) is 41.7 Å². The van der Waals surface area contributed by atoms with E-state index in [1.54, 1.807) is 0 Å². The van der Waals surface area contributed by atoms with Gasteiger partial charge in [-0.1, -0.05) is 0 Å². The van der Waals surface area contributed by atoms with Crippen LogP contribution in [0, 0.1) is 0 Å². The summed E-state index contributed by atoms with van der Waals surface area (Å²) >= 11 is 0. The van der Waals surface area contributed by atoms with E-state index >= 15 is 0 Å². The molecule has 0 bridgehead atoms. The van der Waals surface area contributed by atoms with Gasteiger partial charge in [-0.3, -0.25) is 10.7 Å². The summed E-state index contributed by atoms with van der Waals surface area (Å²) in [6.45, 7) is 3.72. The van der Waals surface area contributed by atoms with Crippen molar-refractivity contribution < 1.29 is 4.74 Å². The quantitative estimate of drug-likeness (QED) is 0.452. The Labute approximate surface area is 66.9 Å². The van der Waals surface area contributed by atoms with Gasteiger partial charge in [0.2, 0.25) is 0 Å². The number of fused-ring (bicyclic) bond motifs is 1. The zero-order chi connectivity index (χ0) is 7.84. The number of ether oxygens (including phenoxy) is 1. The summed E-state index contributed by atoms with van der Waals surface area (Å²) in [5.41, 5.74) is 0. The van der Waals surface area contributed by atoms with E-state index < -0.39 is 0 Å². The molecule has 2 unspecified atom stereocenters. The third-order valence-corrected chi connectivity index (χ3v) is 2.61. The number of hydrazine groups is 1. The fourth-order valence-corrected chi connectivity index (χ4v) is 1.89. The number of nitrogens with two attached hydrogens (primary N) is 1. The Hall–Kier alpha value is -0.160. The molecule has 64 valence electrons. The third-order valence-electron chi connectivity index (χ3n) is 2.61. The van der Waals surface area contributed by atoms with Gasteiger partial charge in [0.05, 0.1) is 18.8 Å². The smallest absolute Gasteiger partial charge is 0.0884 e. The molecule has 11 heavy (non-hydrogen) atoms. The molecule has 0 radical (unpaired) electrons. The predicted molar refractivity (Wildman–Crippen MR) is 41.9 cm³/mol. The van der Waals surface area contributed by atoms with Crippen LogP contribution in [0.1, 0.15) is 0 Å². The SMILES string of the molecule is CN1CCOC2CN(N)CC21. The number of likely N-dealkylation sites (N-methyl/N-ethyl adjacent to an activating group) is 1. The van der Waals surface area contributed by atoms with Gasteiger partial charge in [0, 0.05) is 19.6 Å². The van der Waals surface area contributed by atoms with E-state index in [1.807, 2.05) is 5.01 Å². The molecule has 2 atom stereocenters. The predicted octanol–water partition coefficient (Wildman–Crippen LogP) is -1.13. The minimum Gasteiger partial charge on any atom is -0.374 e. The molecule has 0 aromatic heterocycles. The number of hydrogen-bond acceptors (Lipinski definition) is 4. The molecule has 2 saturated heterocycles. The maximum atomic E-state index is 5.68. The maximum Gasteiger partial charge on any atom is 0.0884 e. The van der Waals surface area contributed by atoms with Gasteiger partial charge in [-0.2, -0.15) is 0 Å². The number of hydrogen-bond donors (Lipinski definition) is 1. The van der Waals surface area contributed by atoms with Crippen LogP contribution in [0.5, 0.6) is 0 Å². The van der Waals surface area contributed by atoms with E-state index in [1.165, 1.54) is 0 Å². The second-order valence-electron chi connectivity index (χ2n) is 3.41. The summed E-state index contributed by atoms with van der Waals surface area (Å²) in [7, 11) is 2.14. The first-order valence-corrected chi connectivity index (χ1v) is 4.09. The van der Waals surface area contributed by atoms with Gasteiger partial charge < -0.3 is 4.74 Å². The molecule has 0 aromatic carbocycles. The van der Waals surface area contributed by atoms with E-state index in [-0.39, 0.29) is 0 Å². The Morgan fingerprint density at radius 3 is 3.00 bits per heavy atom. The Balaban J connectivity index is 2.03. The first-order valence-electron chi connectivity index (χ1n) is 4.09. The number of nitrogens with zero attached hydrogens (tertiary/aromatic N) is 2. The van der Waals surface area contributed by atoms with Crippen molar-refractivity contribution in [1.29, 1.82) is 0 Å². The van der Waals surface area contributed by atoms with Crippen molar-refractivity contribution in [2.75, 3.05) is 33.3 Å². The minimum absolute atomic E-state index is 0.346. The first-order chi connectivity index (χ1) is 5.27. The highest BCUT2D eigenvalue weighted by molar-refractivity contribution is 4.91. The molecule has 2 aliphatic heterocycles. The Morgan fingerprint density at radius 2 is 2.27 bits per heavy atom. The lowest BCUT2D eigenvalue weighted by molar-refractivity contribution is -0.0369. The summed E-state index contributed by atoms with van der Waals surface area (Å²) in [6.07, 6.45) is 0.346. The highest BCUT2D eigenvalue weighted by atomic mass is 16.5. The standard InChI is InChI=1S/C7H15N3O/c1-9-2-3-11-7-5-10(8)4-6(7)9/h6-7H,2-5,8H2,1H3. The lowest BCUT2D eigenvalue weighted by Gasteiger charge is -2.33. The molecule has 4 nitrogen and oxygen atoms in total. The fourth-order valence-electron chi connectivity index (χ4n) is 1.89. The van der Waals surface area contributed by atoms with Gasteiger partial charge in [0.25, 0.3) is 0 Å². The largest absolute Gasteiger partial charge is 0.374 e. The van der Waals surface area contributed by atoms with Gasteiger partial charge in [0.1, 0.15) is 0 Å². The Kier molecular flexibility index (Phi) is 1.85. The van der Waals surface area contributed by atoms with E-state index in [0.29, 0.717) is 12.1 Å². The second kappa shape index (κ2) is 2.71. The van der Waals surface area contributed by atoms with Gasteiger partial charge in [-0.25, -0.2) is 5.01 Å². The molecular weight excluding hydrogens is 142 g/mol. The molecular formula is C7H15N3O. The Morgan fingerprint density at radius 1 is 1.45 bits per heavy atom. The average Bonchev–Trinajstić information content (AvgIpc) is 2.31. The lowest BCUT2D eigenvalue weighted by atomic mass is 10.1. The fraction of sp³-hybridized carbons (Fsp3) is 1.00. The average molecular weight is 157 g/mol. The normalized spacial score (nSPS) is 40.9. The van der Waals surface area contributed by atoms with Crippen LogP contribution in [0.4, 0.5) is 0 Å². The van der Waals surface area contributed by atoms with Crippen molar-refractivity contribution >= 4 is 0 Å². The molecule has 0 aliphatic carbocycles.